The smallest absolute Gasteiger partial charge is 0.119 e. The van der Waals surface area contributed by atoms with E-state index in [1.54, 1.807) is 0 Å². The van der Waals surface area contributed by atoms with Crippen LogP contribution in [0.15, 0.2) is 12.1 Å². The van der Waals surface area contributed by atoms with Crippen LogP contribution < -0.4 is 10.1 Å². The molecule has 0 saturated heterocycles. The molecule has 0 aromatic heterocycles. The highest BCUT2D eigenvalue weighted by Gasteiger charge is 2.03. The highest BCUT2D eigenvalue weighted by atomic mass is 35.5. The van der Waals surface area contributed by atoms with Crippen LogP contribution in [0.5, 0.6) is 5.75 Å². The molecular weight excluding hydrogens is 222 g/mol. The Labute approximate surface area is 103 Å². The zero-order valence-corrected chi connectivity index (χ0v) is 11.0. The van der Waals surface area contributed by atoms with E-state index in [2.05, 4.69) is 5.32 Å². The van der Waals surface area contributed by atoms with Crippen molar-refractivity contribution >= 4 is 11.6 Å². The molecular formula is C13H20ClNO. The lowest BCUT2D eigenvalue weighted by atomic mass is 10.1. The van der Waals surface area contributed by atoms with Gasteiger partial charge in [0, 0.05) is 5.02 Å². The second kappa shape index (κ2) is 6.77. The fourth-order valence-electron chi connectivity index (χ4n) is 1.58. The van der Waals surface area contributed by atoms with Gasteiger partial charge in [0.05, 0.1) is 6.61 Å². The zero-order valence-electron chi connectivity index (χ0n) is 10.3. The predicted octanol–water partition coefficient (Wildman–Crippen LogP) is 3.34. The minimum Gasteiger partial charge on any atom is -0.494 e. The van der Waals surface area contributed by atoms with Gasteiger partial charge in [0.15, 0.2) is 0 Å². The lowest BCUT2D eigenvalue weighted by Gasteiger charge is -2.09. The van der Waals surface area contributed by atoms with Crippen molar-refractivity contribution in [2.24, 2.45) is 0 Å². The van der Waals surface area contributed by atoms with Gasteiger partial charge in [-0.1, -0.05) is 11.6 Å². The predicted molar refractivity (Wildman–Crippen MR) is 69.6 cm³/mol. The fraction of sp³-hybridized carbons (Fsp3) is 0.538. The molecule has 0 unspecified atom stereocenters. The number of hydrogen-bond donors (Lipinski definition) is 1. The van der Waals surface area contributed by atoms with Crippen molar-refractivity contribution in [3.63, 3.8) is 0 Å². The summed E-state index contributed by atoms with van der Waals surface area (Å²) in [6, 6.07) is 3.99. The van der Waals surface area contributed by atoms with Crippen LogP contribution in [-0.4, -0.2) is 20.2 Å². The van der Waals surface area contributed by atoms with Crippen LogP contribution >= 0.6 is 11.6 Å². The molecule has 0 saturated carbocycles. The van der Waals surface area contributed by atoms with Crippen LogP contribution in [0.3, 0.4) is 0 Å². The SMILES string of the molecule is CNCCCCOc1cc(C)c(Cl)c(C)c1. The molecule has 0 aliphatic rings. The monoisotopic (exact) mass is 241 g/mol. The zero-order chi connectivity index (χ0) is 12.0. The first kappa shape index (κ1) is 13.3. The quantitative estimate of drug-likeness (QED) is 0.772. The minimum absolute atomic E-state index is 0.766. The van der Waals surface area contributed by atoms with Gasteiger partial charge in [-0.15, -0.1) is 0 Å². The van der Waals surface area contributed by atoms with Gasteiger partial charge < -0.3 is 10.1 Å². The summed E-state index contributed by atoms with van der Waals surface area (Å²) in [5.41, 5.74) is 2.15. The summed E-state index contributed by atoms with van der Waals surface area (Å²) in [5.74, 6) is 0.920. The lowest BCUT2D eigenvalue weighted by Crippen LogP contribution is -2.09. The van der Waals surface area contributed by atoms with Crippen molar-refractivity contribution < 1.29 is 4.74 Å². The van der Waals surface area contributed by atoms with E-state index in [1.165, 1.54) is 0 Å². The molecule has 0 amide bonds. The van der Waals surface area contributed by atoms with Crippen molar-refractivity contribution in [2.45, 2.75) is 26.7 Å². The van der Waals surface area contributed by atoms with Crippen molar-refractivity contribution in [3.8, 4) is 5.75 Å². The molecule has 90 valence electrons. The summed E-state index contributed by atoms with van der Waals surface area (Å²) in [7, 11) is 1.97. The maximum absolute atomic E-state index is 6.09. The van der Waals surface area contributed by atoms with Gasteiger partial charge in [-0.2, -0.15) is 0 Å². The number of nitrogens with one attached hydrogen (secondary N) is 1. The van der Waals surface area contributed by atoms with Gasteiger partial charge in [-0.3, -0.25) is 0 Å². The largest absolute Gasteiger partial charge is 0.494 e. The third-order valence-corrected chi connectivity index (χ3v) is 3.10. The highest BCUT2D eigenvalue weighted by molar-refractivity contribution is 6.32. The first-order valence-corrected chi connectivity index (χ1v) is 6.07. The summed E-state index contributed by atoms with van der Waals surface area (Å²) in [6.45, 7) is 5.82. The molecule has 0 atom stereocenters. The second-order valence-electron chi connectivity index (χ2n) is 4.03. The number of hydrogen-bond acceptors (Lipinski definition) is 2. The molecule has 0 heterocycles. The van der Waals surface area contributed by atoms with Crippen LogP contribution in [0.4, 0.5) is 0 Å². The van der Waals surface area contributed by atoms with Gasteiger partial charge in [0.2, 0.25) is 0 Å². The van der Waals surface area contributed by atoms with Crippen LogP contribution in [0, 0.1) is 13.8 Å². The number of benzene rings is 1. The summed E-state index contributed by atoms with van der Waals surface area (Å²) >= 11 is 6.09. The Morgan fingerprint density at radius 2 is 1.81 bits per heavy atom. The molecule has 1 aromatic rings. The summed E-state index contributed by atoms with van der Waals surface area (Å²) in [6.07, 6.45) is 2.21. The Hall–Kier alpha value is -0.730. The standard InChI is InChI=1S/C13H20ClNO/c1-10-8-12(9-11(2)13(10)14)16-7-5-4-6-15-3/h8-9,15H,4-7H2,1-3H3. The summed E-state index contributed by atoms with van der Waals surface area (Å²) < 4.78 is 5.68. The van der Waals surface area contributed by atoms with Gasteiger partial charge in [-0.05, 0) is 63.5 Å². The van der Waals surface area contributed by atoms with Crippen LogP contribution in [-0.2, 0) is 0 Å². The molecule has 0 aliphatic heterocycles. The molecule has 1 N–H and O–H groups in total. The Morgan fingerprint density at radius 3 is 2.38 bits per heavy atom. The molecule has 0 aliphatic carbocycles. The molecule has 16 heavy (non-hydrogen) atoms. The third kappa shape index (κ3) is 4.03. The maximum Gasteiger partial charge on any atom is 0.119 e. The van der Waals surface area contributed by atoms with E-state index < -0.39 is 0 Å². The number of unbranched alkanes of at least 4 members (excludes halogenated alkanes) is 1. The first-order chi connectivity index (χ1) is 7.65. The summed E-state index contributed by atoms with van der Waals surface area (Å²) in [5, 5.41) is 3.95. The van der Waals surface area contributed by atoms with Gasteiger partial charge in [0.25, 0.3) is 0 Å². The fourth-order valence-corrected chi connectivity index (χ4v) is 1.69. The van der Waals surface area contributed by atoms with E-state index in [0.717, 1.165) is 47.9 Å². The molecule has 0 fully saturated rings. The lowest BCUT2D eigenvalue weighted by molar-refractivity contribution is 0.306. The Kier molecular flexibility index (Phi) is 5.64. The van der Waals surface area contributed by atoms with Gasteiger partial charge in [-0.25, -0.2) is 0 Å². The Morgan fingerprint density at radius 1 is 1.19 bits per heavy atom. The number of halogens is 1. The van der Waals surface area contributed by atoms with Gasteiger partial charge in [0.1, 0.15) is 5.75 Å². The molecule has 0 spiro atoms. The molecule has 3 heteroatoms. The van der Waals surface area contributed by atoms with E-state index in [-0.39, 0.29) is 0 Å². The maximum atomic E-state index is 6.09. The molecule has 0 bridgehead atoms. The Bertz CT molecular complexity index is 316. The average molecular weight is 242 g/mol. The van der Waals surface area contributed by atoms with E-state index >= 15 is 0 Å². The van der Waals surface area contributed by atoms with Crippen molar-refractivity contribution in [3.05, 3.63) is 28.3 Å². The van der Waals surface area contributed by atoms with Crippen LogP contribution in [0.2, 0.25) is 5.02 Å². The van der Waals surface area contributed by atoms with E-state index in [0.29, 0.717) is 0 Å². The number of ether oxygens (including phenoxy) is 1. The highest BCUT2D eigenvalue weighted by Crippen LogP contribution is 2.25. The topological polar surface area (TPSA) is 21.3 Å². The minimum atomic E-state index is 0.766. The first-order valence-electron chi connectivity index (χ1n) is 5.69. The molecule has 1 rings (SSSR count). The van der Waals surface area contributed by atoms with E-state index in [1.807, 2.05) is 33.0 Å². The number of rotatable bonds is 6. The molecule has 2 nitrogen and oxygen atoms in total. The second-order valence-corrected chi connectivity index (χ2v) is 4.41. The molecule has 0 radical (unpaired) electrons. The summed E-state index contributed by atoms with van der Waals surface area (Å²) in [4.78, 5) is 0. The molecule has 1 aromatic carbocycles. The number of aryl methyl sites for hydroxylation is 2. The van der Waals surface area contributed by atoms with E-state index in [9.17, 15) is 0 Å². The Balaban J connectivity index is 2.43. The van der Waals surface area contributed by atoms with E-state index in [4.69, 9.17) is 16.3 Å². The van der Waals surface area contributed by atoms with Crippen molar-refractivity contribution in [2.75, 3.05) is 20.2 Å². The van der Waals surface area contributed by atoms with Crippen molar-refractivity contribution in [1.29, 1.82) is 0 Å². The third-order valence-electron chi connectivity index (χ3n) is 2.50. The average Bonchev–Trinajstić information content (AvgIpc) is 2.25. The van der Waals surface area contributed by atoms with Crippen LogP contribution in [0.1, 0.15) is 24.0 Å². The van der Waals surface area contributed by atoms with Gasteiger partial charge >= 0.3 is 0 Å². The normalized spacial score (nSPS) is 10.5. The van der Waals surface area contributed by atoms with Crippen LogP contribution in [0.25, 0.3) is 0 Å². The van der Waals surface area contributed by atoms with Crippen molar-refractivity contribution in [1.82, 2.24) is 5.32 Å².